The van der Waals surface area contributed by atoms with E-state index in [1.165, 1.54) is 23.5 Å². The highest BCUT2D eigenvalue weighted by atomic mass is 32.1. The van der Waals surface area contributed by atoms with Gasteiger partial charge in [-0.15, -0.1) is 11.3 Å². The Morgan fingerprint density at radius 1 is 1.18 bits per heavy atom. The predicted molar refractivity (Wildman–Crippen MR) is 85.1 cm³/mol. The van der Waals surface area contributed by atoms with Crippen molar-refractivity contribution in [3.8, 4) is 10.6 Å². The van der Waals surface area contributed by atoms with Crippen LogP contribution in [0.3, 0.4) is 0 Å². The second-order valence-corrected chi connectivity index (χ2v) is 6.05. The Morgan fingerprint density at radius 3 is 2.77 bits per heavy atom. The third-order valence-electron chi connectivity index (χ3n) is 2.89. The molecule has 22 heavy (non-hydrogen) atoms. The van der Waals surface area contributed by atoms with Gasteiger partial charge in [0.15, 0.2) is 5.78 Å². The lowest BCUT2D eigenvalue weighted by molar-refractivity contribution is 0.104. The average molecular weight is 333 g/mol. The van der Waals surface area contributed by atoms with Crippen molar-refractivity contribution in [2.24, 2.45) is 0 Å². The molecule has 0 N–H and O–H groups in total. The van der Waals surface area contributed by atoms with Crippen molar-refractivity contribution in [1.29, 1.82) is 0 Å². The molecule has 2 nitrogen and oxygen atoms in total. The number of thiophene rings is 1. The third kappa shape index (κ3) is 3.18. The van der Waals surface area contributed by atoms with Crippen LogP contribution < -0.4 is 0 Å². The van der Waals surface area contributed by atoms with Crippen molar-refractivity contribution in [3.63, 3.8) is 0 Å². The number of carbonyl (C=O) groups excluding carboxylic acids is 1. The van der Waals surface area contributed by atoms with Crippen LogP contribution in [0.25, 0.3) is 16.6 Å². The molecule has 0 fully saturated rings. The molecule has 0 radical (unpaired) electrons. The van der Waals surface area contributed by atoms with Gasteiger partial charge >= 0.3 is 0 Å². The smallest absolute Gasteiger partial charge is 0.188 e. The average Bonchev–Trinajstić information content (AvgIpc) is 3.16. The van der Waals surface area contributed by atoms with Gasteiger partial charge in [0, 0.05) is 22.4 Å². The van der Waals surface area contributed by atoms with Gasteiger partial charge in [0.2, 0.25) is 0 Å². The van der Waals surface area contributed by atoms with E-state index in [1.807, 2.05) is 22.2 Å². The van der Waals surface area contributed by atoms with Crippen molar-refractivity contribution in [2.75, 3.05) is 0 Å². The summed E-state index contributed by atoms with van der Waals surface area (Å²) in [5.41, 5.74) is 1.50. The van der Waals surface area contributed by atoms with E-state index >= 15 is 0 Å². The normalized spacial score (nSPS) is 11.2. The SMILES string of the molecule is O=C(/C=C/c1csc(-c2ccsc2)n1)c1ccc(F)cc1F. The Labute approximate surface area is 133 Å². The summed E-state index contributed by atoms with van der Waals surface area (Å²) in [5.74, 6) is -2.10. The van der Waals surface area contributed by atoms with Gasteiger partial charge in [-0.25, -0.2) is 13.8 Å². The topological polar surface area (TPSA) is 30.0 Å². The zero-order chi connectivity index (χ0) is 15.5. The minimum absolute atomic E-state index is 0.161. The predicted octanol–water partition coefficient (Wildman–Crippen LogP) is 5.05. The van der Waals surface area contributed by atoms with Crippen molar-refractivity contribution in [1.82, 2.24) is 4.98 Å². The number of rotatable bonds is 4. The zero-order valence-corrected chi connectivity index (χ0v) is 12.8. The van der Waals surface area contributed by atoms with E-state index in [0.717, 1.165) is 22.7 Å². The number of hydrogen-bond acceptors (Lipinski definition) is 4. The number of aromatic nitrogens is 1. The van der Waals surface area contributed by atoms with Crippen LogP contribution in [-0.2, 0) is 0 Å². The number of thiazole rings is 1. The molecule has 0 atom stereocenters. The maximum atomic E-state index is 13.5. The quantitative estimate of drug-likeness (QED) is 0.494. The monoisotopic (exact) mass is 333 g/mol. The van der Waals surface area contributed by atoms with E-state index in [4.69, 9.17) is 0 Å². The largest absolute Gasteiger partial charge is 0.289 e. The number of nitrogens with zero attached hydrogens (tertiary/aromatic N) is 1. The molecule has 0 aliphatic heterocycles. The van der Waals surface area contributed by atoms with Crippen LogP contribution in [0.4, 0.5) is 8.78 Å². The van der Waals surface area contributed by atoms with Gasteiger partial charge in [-0.2, -0.15) is 11.3 Å². The molecule has 2 aromatic heterocycles. The number of carbonyl (C=O) groups is 1. The summed E-state index contributed by atoms with van der Waals surface area (Å²) < 4.78 is 26.3. The number of halogens is 2. The van der Waals surface area contributed by atoms with Crippen LogP contribution in [0.5, 0.6) is 0 Å². The van der Waals surface area contributed by atoms with Crippen LogP contribution in [-0.4, -0.2) is 10.8 Å². The highest BCUT2D eigenvalue weighted by Gasteiger charge is 2.10. The molecule has 0 aliphatic rings. The standard InChI is InChI=1S/C16H9F2NOS2/c17-11-1-3-13(14(18)7-11)15(20)4-2-12-9-22-16(19-12)10-5-6-21-8-10/h1-9H/b4-2+. The molecule has 110 valence electrons. The van der Waals surface area contributed by atoms with E-state index in [-0.39, 0.29) is 5.56 Å². The Hall–Kier alpha value is -2.18. The van der Waals surface area contributed by atoms with Crippen molar-refractivity contribution < 1.29 is 13.6 Å². The number of benzene rings is 1. The molecule has 3 aromatic rings. The molecular formula is C16H9F2NOS2. The molecular weight excluding hydrogens is 324 g/mol. The van der Waals surface area contributed by atoms with Crippen LogP contribution in [0.2, 0.25) is 0 Å². The molecule has 3 rings (SSSR count). The molecule has 0 unspecified atom stereocenters. The van der Waals surface area contributed by atoms with Gasteiger partial charge in [0.1, 0.15) is 16.6 Å². The van der Waals surface area contributed by atoms with Crippen LogP contribution in [0.15, 0.2) is 46.5 Å². The first-order valence-corrected chi connectivity index (χ1v) is 8.11. The van der Waals surface area contributed by atoms with E-state index < -0.39 is 17.4 Å². The summed E-state index contributed by atoms with van der Waals surface area (Å²) in [5, 5.41) is 6.64. The molecule has 0 aliphatic carbocycles. The van der Waals surface area contributed by atoms with Crippen LogP contribution in [0.1, 0.15) is 16.1 Å². The molecule has 2 heterocycles. The second kappa shape index (κ2) is 6.29. The zero-order valence-electron chi connectivity index (χ0n) is 11.1. The molecule has 0 spiro atoms. The van der Waals surface area contributed by atoms with Gasteiger partial charge in [-0.05, 0) is 35.7 Å². The fourth-order valence-electron chi connectivity index (χ4n) is 1.82. The van der Waals surface area contributed by atoms with Gasteiger partial charge in [-0.3, -0.25) is 4.79 Å². The van der Waals surface area contributed by atoms with E-state index in [0.29, 0.717) is 11.8 Å². The van der Waals surface area contributed by atoms with E-state index in [9.17, 15) is 13.6 Å². The number of allylic oxidation sites excluding steroid dienone is 1. The maximum Gasteiger partial charge on any atom is 0.188 e. The summed E-state index contributed by atoms with van der Waals surface area (Å²) in [6.45, 7) is 0. The van der Waals surface area contributed by atoms with Crippen LogP contribution >= 0.6 is 22.7 Å². The van der Waals surface area contributed by atoms with Crippen molar-refractivity contribution in [2.45, 2.75) is 0 Å². The first-order valence-electron chi connectivity index (χ1n) is 6.29. The van der Waals surface area contributed by atoms with Crippen LogP contribution in [0, 0.1) is 11.6 Å². The van der Waals surface area contributed by atoms with Gasteiger partial charge in [0.25, 0.3) is 0 Å². The first-order chi connectivity index (χ1) is 10.6. The van der Waals surface area contributed by atoms with Crippen molar-refractivity contribution >= 4 is 34.5 Å². The Balaban J connectivity index is 1.78. The molecule has 0 saturated carbocycles. The Kier molecular flexibility index (Phi) is 4.22. The third-order valence-corrected chi connectivity index (χ3v) is 4.48. The van der Waals surface area contributed by atoms with Gasteiger partial charge < -0.3 is 0 Å². The lowest BCUT2D eigenvalue weighted by Crippen LogP contribution is -1.99. The first kappa shape index (κ1) is 14.7. The van der Waals surface area contributed by atoms with E-state index in [1.54, 1.807) is 11.3 Å². The summed E-state index contributed by atoms with van der Waals surface area (Å²) in [6, 6.07) is 4.85. The molecule has 6 heteroatoms. The summed E-state index contributed by atoms with van der Waals surface area (Å²) in [4.78, 5) is 16.3. The summed E-state index contributed by atoms with van der Waals surface area (Å²) in [6.07, 6.45) is 2.76. The molecule has 1 aromatic carbocycles. The summed E-state index contributed by atoms with van der Waals surface area (Å²) in [7, 11) is 0. The van der Waals surface area contributed by atoms with Crippen molar-refractivity contribution in [3.05, 3.63) is 69.4 Å². The summed E-state index contributed by atoms with van der Waals surface area (Å²) >= 11 is 3.05. The fourth-order valence-corrected chi connectivity index (χ4v) is 3.32. The van der Waals surface area contributed by atoms with Gasteiger partial charge in [-0.1, -0.05) is 0 Å². The minimum Gasteiger partial charge on any atom is -0.289 e. The van der Waals surface area contributed by atoms with Gasteiger partial charge in [0.05, 0.1) is 11.3 Å². The highest BCUT2D eigenvalue weighted by Crippen LogP contribution is 2.26. The highest BCUT2D eigenvalue weighted by molar-refractivity contribution is 7.14. The lowest BCUT2D eigenvalue weighted by atomic mass is 10.1. The Bertz CT molecular complexity index is 838. The molecule has 0 saturated heterocycles. The second-order valence-electron chi connectivity index (χ2n) is 4.41. The Morgan fingerprint density at radius 2 is 2.05 bits per heavy atom. The molecule has 0 amide bonds. The molecule has 0 bridgehead atoms. The lowest BCUT2D eigenvalue weighted by Gasteiger charge is -1.97. The fraction of sp³-hybridized carbons (Fsp3) is 0. The number of hydrogen-bond donors (Lipinski definition) is 0. The maximum absolute atomic E-state index is 13.5. The minimum atomic E-state index is -0.869. The number of ketones is 1. The van der Waals surface area contributed by atoms with E-state index in [2.05, 4.69) is 4.98 Å².